The summed E-state index contributed by atoms with van der Waals surface area (Å²) in [6, 6.07) is 14.3. The van der Waals surface area contributed by atoms with E-state index in [0.717, 1.165) is 5.56 Å². The molecule has 3 heterocycles. The van der Waals surface area contributed by atoms with Crippen molar-refractivity contribution < 1.29 is 14.0 Å². The van der Waals surface area contributed by atoms with E-state index in [-0.39, 0.29) is 18.0 Å². The third-order valence-corrected chi connectivity index (χ3v) is 6.42. The molecule has 9 nitrogen and oxygen atoms in total. The Morgan fingerprint density at radius 1 is 1.06 bits per heavy atom. The van der Waals surface area contributed by atoms with Gasteiger partial charge < -0.3 is 14.0 Å². The highest BCUT2D eigenvalue weighted by atomic mass is 32.1. The highest BCUT2D eigenvalue weighted by Crippen LogP contribution is 2.31. The van der Waals surface area contributed by atoms with Crippen molar-refractivity contribution in [3.63, 3.8) is 0 Å². The van der Waals surface area contributed by atoms with Gasteiger partial charge in [0.15, 0.2) is 11.5 Å². The molecule has 0 amide bonds. The number of methoxy groups -OCH3 is 1. The van der Waals surface area contributed by atoms with Crippen LogP contribution in [0.15, 0.2) is 68.0 Å². The van der Waals surface area contributed by atoms with Gasteiger partial charge in [0.2, 0.25) is 11.7 Å². The second kappa shape index (κ2) is 9.22. The summed E-state index contributed by atoms with van der Waals surface area (Å²) in [6.07, 6.45) is 0. The number of rotatable bonds is 7. The van der Waals surface area contributed by atoms with Crippen molar-refractivity contribution in [3.05, 3.63) is 86.2 Å². The lowest BCUT2D eigenvalue weighted by atomic mass is 10.2. The Morgan fingerprint density at radius 2 is 1.86 bits per heavy atom. The molecular weight excluding hydrogens is 468 g/mol. The highest BCUT2D eigenvalue weighted by molar-refractivity contribution is 7.17. The van der Waals surface area contributed by atoms with Gasteiger partial charge in [-0.25, -0.2) is 9.36 Å². The molecule has 5 aromatic rings. The first-order chi connectivity index (χ1) is 17.0. The smallest absolute Gasteiger partial charge is 0.336 e. The molecule has 0 saturated heterocycles. The Bertz CT molecular complexity index is 1630. The molecular formula is C25H22N4O5S. The first kappa shape index (κ1) is 22.6. The minimum Gasteiger partial charge on any atom is -0.493 e. The maximum Gasteiger partial charge on any atom is 0.336 e. The van der Waals surface area contributed by atoms with Crippen molar-refractivity contribution in [3.8, 4) is 28.6 Å². The number of benzene rings is 2. The Kier molecular flexibility index (Phi) is 5.96. The van der Waals surface area contributed by atoms with Crippen LogP contribution in [-0.2, 0) is 6.54 Å². The number of aryl methyl sites for hydroxylation is 1. The molecule has 178 valence electrons. The molecule has 2 aromatic carbocycles. The monoisotopic (exact) mass is 490 g/mol. The number of aromatic nitrogens is 4. The average Bonchev–Trinajstić information content (AvgIpc) is 3.54. The molecule has 0 bridgehead atoms. The Labute approximate surface area is 203 Å². The number of nitrogens with zero attached hydrogens (tertiary/aromatic N) is 4. The quantitative estimate of drug-likeness (QED) is 0.339. The van der Waals surface area contributed by atoms with E-state index >= 15 is 0 Å². The van der Waals surface area contributed by atoms with Crippen LogP contribution in [0.1, 0.15) is 18.4 Å². The van der Waals surface area contributed by atoms with Crippen LogP contribution in [0.25, 0.3) is 27.3 Å². The lowest BCUT2D eigenvalue weighted by Gasteiger charge is -2.11. The third kappa shape index (κ3) is 4.12. The van der Waals surface area contributed by atoms with Crippen LogP contribution in [0, 0.1) is 6.92 Å². The second-order valence-electron chi connectivity index (χ2n) is 7.79. The summed E-state index contributed by atoms with van der Waals surface area (Å²) in [7, 11) is 1.56. The molecule has 5 rings (SSSR count). The van der Waals surface area contributed by atoms with Gasteiger partial charge in [-0.15, -0.1) is 11.3 Å². The van der Waals surface area contributed by atoms with Gasteiger partial charge in [-0.2, -0.15) is 4.98 Å². The van der Waals surface area contributed by atoms with Crippen LogP contribution < -0.4 is 20.7 Å². The van der Waals surface area contributed by atoms with Crippen molar-refractivity contribution in [2.75, 3.05) is 13.7 Å². The van der Waals surface area contributed by atoms with Gasteiger partial charge in [-0.1, -0.05) is 22.9 Å². The van der Waals surface area contributed by atoms with E-state index in [9.17, 15) is 9.59 Å². The van der Waals surface area contributed by atoms with Crippen molar-refractivity contribution in [2.24, 2.45) is 0 Å². The third-order valence-electron chi connectivity index (χ3n) is 5.53. The fourth-order valence-corrected chi connectivity index (χ4v) is 4.64. The molecule has 0 saturated carbocycles. The minimum atomic E-state index is -0.479. The van der Waals surface area contributed by atoms with Crippen LogP contribution in [0.5, 0.6) is 11.5 Å². The summed E-state index contributed by atoms with van der Waals surface area (Å²) >= 11 is 1.29. The summed E-state index contributed by atoms with van der Waals surface area (Å²) in [6.45, 7) is 4.37. The van der Waals surface area contributed by atoms with E-state index in [2.05, 4.69) is 10.1 Å². The van der Waals surface area contributed by atoms with Gasteiger partial charge in [0.05, 0.1) is 24.9 Å². The molecule has 0 aliphatic carbocycles. The molecule has 0 aliphatic heterocycles. The predicted octanol–water partition coefficient (Wildman–Crippen LogP) is 4.03. The van der Waals surface area contributed by atoms with E-state index < -0.39 is 5.69 Å². The molecule has 0 radical (unpaired) electrons. The second-order valence-corrected chi connectivity index (χ2v) is 8.71. The van der Waals surface area contributed by atoms with E-state index in [1.54, 1.807) is 42.8 Å². The van der Waals surface area contributed by atoms with Crippen molar-refractivity contribution in [2.45, 2.75) is 20.4 Å². The zero-order valence-electron chi connectivity index (χ0n) is 19.3. The molecule has 0 unspecified atom stereocenters. The Balaban J connectivity index is 1.55. The first-order valence-corrected chi connectivity index (χ1v) is 11.8. The van der Waals surface area contributed by atoms with Gasteiger partial charge >= 0.3 is 5.69 Å². The van der Waals surface area contributed by atoms with E-state index in [1.165, 1.54) is 20.5 Å². The molecule has 0 aliphatic rings. The van der Waals surface area contributed by atoms with E-state index in [4.69, 9.17) is 14.0 Å². The van der Waals surface area contributed by atoms with Crippen LogP contribution in [0.3, 0.4) is 0 Å². The number of fused-ring (bicyclic) bond motifs is 1. The first-order valence-electron chi connectivity index (χ1n) is 10.9. The van der Waals surface area contributed by atoms with Gasteiger partial charge in [-0.05, 0) is 55.6 Å². The van der Waals surface area contributed by atoms with E-state index in [1.807, 2.05) is 32.0 Å². The molecule has 0 atom stereocenters. The van der Waals surface area contributed by atoms with Gasteiger partial charge in [0.25, 0.3) is 5.56 Å². The SMILES string of the molecule is CCOc1ccc(-c2noc(Cn3c(=O)n(-c4ccc(C)cc4)c(=O)c4sccc43)n2)cc1OC. The maximum atomic E-state index is 13.5. The number of ether oxygens (including phenoxy) is 2. The lowest BCUT2D eigenvalue weighted by Crippen LogP contribution is -2.38. The fourth-order valence-electron chi connectivity index (χ4n) is 3.81. The predicted molar refractivity (Wildman–Crippen MR) is 133 cm³/mol. The summed E-state index contributed by atoms with van der Waals surface area (Å²) in [5.41, 5.74) is 1.90. The molecule has 35 heavy (non-hydrogen) atoms. The summed E-state index contributed by atoms with van der Waals surface area (Å²) in [5.74, 6) is 1.75. The topological polar surface area (TPSA) is 101 Å². The van der Waals surface area contributed by atoms with Crippen molar-refractivity contribution in [1.82, 2.24) is 19.3 Å². The Morgan fingerprint density at radius 3 is 2.60 bits per heavy atom. The fraction of sp³-hybridized carbons (Fsp3) is 0.200. The van der Waals surface area contributed by atoms with Crippen LogP contribution >= 0.6 is 11.3 Å². The number of hydrogen-bond acceptors (Lipinski definition) is 8. The molecule has 10 heteroatoms. The molecule has 0 fully saturated rings. The summed E-state index contributed by atoms with van der Waals surface area (Å²) < 4.78 is 19.6. The molecule has 0 N–H and O–H groups in total. The van der Waals surface area contributed by atoms with Crippen LogP contribution in [0.2, 0.25) is 0 Å². The van der Waals surface area contributed by atoms with Crippen molar-refractivity contribution >= 4 is 21.6 Å². The van der Waals surface area contributed by atoms with Gasteiger partial charge in [0.1, 0.15) is 11.2 Å². The average molecular weight is 491 g/mol. The van der Waals surface area contributed by atoms with E-state index in [0.29, 0.717) is 45.4 Å². The summed E-state index contributed by atoms with van der Waals surface area (Å²) in [4.78, 5) is 31.0. The summed E-state index contributed by atoms with van der Waals surface area (Å²) in [5, 5.41) is 5.86. The zero-order chi connectivity index (χ0) is 24.5. The van der Waals surface area contributed by atoms with Crippen LogP contribution in [0.4, 0.5) is 0 Å². The van der Waals surface area contributed by atoms with Crippen LogP contribution in [-0.4, -0.2) is 33.0 Å². The normalized spacial score (nSPS) is 11.2. The zero-order valence-corrected chi connectivity index (χ0v) is 20.2. The molecule has 3 aromatic heterocycles. The lowest BCUT2D eigenvalue weighted by molar-refractivity contribution is 0.311. The highest BCUT2D eigenvalue weighted by Gasteiger charge is 2.19. The minimum absolute atomic E-state index is 0.0133. The maximum absolute atomic E-state index is 13.5. The standard InChI is InChI=1S/C25H22N4O5S/c1-4-33-19-10-7-16(13-20(19)32-3)23-26-21(34-27-23)14-28-18-11-12-35-22(18)24(30)29(25(28)31)17-8-5-15(2)6-9-17/h5-13H,4,14H2,1-3H3. The molecule has 0 spiro atoms. The van der Waals surface area contributed by atoms with Gasteiger partial charge in [-0.3, -0.25) is 9.36 Å². The largest absolute Gasteiger partial charge is 0.493 e. The number of hydrogen-bond donors (Lipinski definition) is 0. The van der Waals surface area contributed by atoms with Gasteiger partial charge in [0, 0.05) is 5.56 Å². The Hall–Kier alpha value is -4.18. The number of thiophene rings is 1. The van der Waals surface area contributed by atoms with Crippen molar-refractivity contribution in [1.29, 1.82) is 0 Å².